The highest BCUT2D eigenvalue weighted by atomic mass is 32.1. The molecule has 2 rings (SSSR count). The Morgan fingerprint density at radius 3 is 2.57 bits per heavy atom. The van der Waals surface area contributed by atoms with Crippen LogP contribution in [-0.4, -0.2) is 17.1 Å². The van der Waals surface area contributed by atoms with E-state index in [9.17, 15) is 4.39 Å². The third-order valence-electron chi connectivity index (χ3n) is 3.41. The van der Waals surface area contributed by atoms with Crippen LogP contribution in [0.25, 0.3) is 0 Å². The number of nitrogens with one attached hydrogen (secondary N) is 1. The lowest BCUT2D eigenvalue weighted by molar-refractivity contribution is 0.505. The van der Waals surface area contributed by atoms with Crippen LogP contribution >= 0.6 is 12.2 Å². The number of rotatable bonds is 3. The van der Waals surface area contributed by atoms with Crippen LogP contribution in [0.5, 0.6) is 0 Å². The van der Waals surface area contributed by atoms with Crippen LogP contribution in [0.3, 0.4) is 0 Å². The molecule has 2 aromatic rings. The van der Waals surface area contributed by atoms with Crippen molar-refractivity contribution in [1.29, 1.82) is 0 Å². The van der Waals surface area contributed by atoms with Crippen molar-refractivity contribution in [3.05, 3.63) is 65.0 Å². The first-order chi connectivity index (χ1) is 9.95. The van der Waals surface area contributed by atoms with Gasteiger partial charge in [0.25, 0.3) is 0 Å². The molecule has 2 nitrogen and oxygen atoms in total. The Morgan fingerprint density at radius 1 is 1.14 bits per heavy atom. The van der Waals surface area contributed by atoms with Crippen molar-refractivity contribution in [2.75, 3.05) is 12.4 Å². The molecule has 0 atom stereocenters. The lowest BCUT2D eigenvalue weighted by Crippen LogP contribution is -2.30. The molecule has 0 aliphatic carbocycles. The largest absolute Gasteiger partial charge is 0.348 e. The minimum Gasteiger partial charge on any atom is -0.348 e. The number of benzene rings is 2. The second-order valence-corrected chi connectivity index (χ2v) is 5.60. The molecule has 0 heterocycles. The van der Waals surface area contributed by atoms with E-state index in [0.717, 1.165) is 11.3 Å². The number of aryl methyl sites for hydroxylation is 2. The quantitative estimate of drug-likeness (QED) is 0.852. The zero-order valence-electron chi connectivity index (χ0n) is 12.5. The summed E-state index contributed by atoms with van der Waals surface area (Å²) in [6.07, 6.45) is 0. The van der Waals surface area contributed by atoms with E-state index in [-0.39, 0.29) is 5.82 Å². The second kappa shape index (κ2) is 6.68. The summed E-state index contributed by atoms with van der Waals surface area (Å²) in [5, 5.41) is 3.82. The molecule has 0 fully saturated rings. The molecule has 0 radical (unpaired) electrons. The summed E-state index contributed by atoms with van der Waals surface area (Å²) in [6, 6.07) is 12.7. The highest BCUT2D eigenvalue weighted by Crippen LogP contribution is 2.15. The molecule has 0 saturated heterocycles. The Labute approximate surface area is 130 Å². The predicted molar refractivity (Wildman–Crippen MR) is 90.0 cm³/mol. The average Bonchev–Trinajstić information content (AvgIpc) is 2.43. The van der Waals surface area contributed by atoms with Gasteiger partial charge < -0.3 is 10.2 Å². The van der Waals surface area contributed by atoms with E-state index < -0.39 is 0 Å². The highest BCUT2D eigenvalue weighted by Gasteiger charge is 2.07. The van der Waals surface area contributed by atoms with E-state index in [1.54, 1.807) is 6.07 Å². The van der Waals surface area contributed by atoms with Gasteiger partial charge in [0.15, 0.2) is 5.11 Å². The Kier molecular flexibility index (Phi) is 4.91. The molecule has 110 valence electrons. The van der Waals surface area contributed by atoms with Crippen molar-refractivity contribution in [2.45, 2.75) is 20.4 Å². The van der Waals surface area contributed by atoms with Crippen molar-refractivity contribution in [3.8, 4) is 0 Å². The first kappa shape index (κ1) is 15.4. The molecule has 0 amide bonds. The van der Waals surface area contributed by atoms with Crippen LogP contribution < -0.4 is 5.32 Å². The van der Waals surface area contributed by atoms with Crippen molar-refractivity contribution in [2.24, 2.45) is 0 Å². The maximum absolute atomic E-state index is 13.2. The van der Waals surface area contributed by atoms with Gasteiger partial charge >= 0.3 is 0 Å². The number of hydrogen-bond donors (Lipinski definition) is 1. The summed E-state index contributed by atoms with van der Waals surface area (Å²) in [4.78, 5) is 1.89. The smallest absolute Gasteiger partial charge is 0.173 e. The minimum atomic E-state index is -0.228. The summed E-state index contributed by atoms with van der Waals surface area (Å²) in [6.45, 7) is 4.71. The molecule has 0 aliphatic rings. The summed E-state index contributed by atoms with van der Waals surface area (Å²) in [7, 11) is 1.89. The van der Waals surface area contributed by atoms with Gasteiger partial charge in [-0.2, -0.15) is 0 Å². The van der Waals surface area contributed by atoms with Gasteiger partial charge in [0.05, 0.1) is 0 Å². The van der Waals surface area contributed by atoms with Crippen LogP contribution in [-0.2, 0) is 6.54 Å². The fourth-order valence-corrected chi connectivity index (χ4v) is 2.20. The molecule has 1 N–H and O–H groups in total. The van der Waals surface area contributed by atoms with Crippen LogP contribution in [0.2, 0.25) is 0 Å². The molecule has 0 aliphatic heterocycles. The number of nitrogens with zero attached hydrogens (tertiary/aromatic N) is 1. The van der Waals surface area contributed by atoms with Gasteiger partial charge in [-0.25, -0.2) is 4.39 Å². The van der Waals surface area contributed by atoms with E-state index >= 15 is 0 Å². The van der Waals surface area contributed by atoms with Crippen molar-refractivity contribution < 1.29 is 4.39 Å². The minimum absolute atomic E-state index is 0.228. The molecule has 4 heteroatoms. The Morgan fingerprint density at radius 2 is 1.90 bits per heavy atom. The molecular weight excluding hydrogens is 283 g/mol. The Bertz CT molecular complexity index is 655. The zero-order valence-corrected chi connectivity index (χ0v) is 13.3. The van der Waals surface area contributed by atoms with Crippen molar-refractivity contribution in [3.63, 3.8) is 0 Å². The molecular formula is C17H19FN2S. The van der Waals surface area contributed by atoms with Gasteiger partial charge in [-0.3, -0.25) is 0 Å². The third-order valence-corrected chi connectivity index (χ3v) is 3.83. The van der Waals surface area contributed by atoms with Crippen LogP contribution in [0, 0.1) is 19.7 Å². The van der Waals surface area contributed by atoms with E-state index in [0.29, 0.717) is 11.7 Å². The summed E-state index contributed by atoms with van der Waals surface area (Å²) in [5.41, 5.74) is 4.33. The topological polar surface area (TPSA) is 15.3 Å². The fourth-order valence-electron chi connectivity index (χ4n) is 2.02. The van der Waals surface area contributed by atoms with Gasteiger partial charge in [0.2, 0.25) is 0 Å². The molecule has 2 aromatic carbocycles. The molecule has 0 unspecified atom stereocenters. The van der Waals surface area contributed by atoms with Gasteiger partial charge in [-0.1, -0.05) is 18.2 Å². The first-order valence-electron chi connectivity index (χ1n) is 6.79. The monoisotopic (exact) mass is 302 g/mol. The number of thiocarbonyl (C=S) groups is 1. The molecule has 0 aromatic heterocycles. The fraction of sp³-hybridized carbons (Fsp3) is 0.235. The van der Waals surface area contributed by atoms with E-state index in [1.165, 1.54) is 23.3 Å². The van der Waals surface area contributed by atoms with Crippen LogP contribution in [0.15, 0.2) is 42.5 Å². The second-order valence-electron chi connectivity index (χ2n) is 5.22. The lowest BCUT2D eigenvalue weighted by atomic mass is 10.1. The van der Waals surface area contributed by atoms with Crippen LogP contribution in [0.1, 0.15) is 16.7 Å². The van der Waals surface area contributed by atoms with Crippen LogP contribution in [0.4, 0.5) is 10.1 Å². The molecule has 0 spiro atoms. The Hall–Kier alpha value is -1.94. The van der Waals surface area contributed by atoms with E-state index in [1.807, 2.05) is 24.1 Å². The summed E-state index contributed by atoms with van der Waals surface area (Å²) >= 11 is 5.39. The zero-order chi connectivity index (χ0) is 15.4. The Balaban J connectivity index is 2.00. The standard InChI is InChI=1S/C17H19FN2S/c1-12-7-8-16(9-13(12)2)19-17(21)20(3)11-14-5-4-6-15(18)10-14/h4-10H,11H2,1-3H3,(H,19,21). The van der Waals surface area contributed by atoms with Gasteiger partial charge in [0.1, 0.15) is 5.82 Å². The molecule has 0 saturated carbocycles. The number of halogens is 1. The van der Waals surface area contributed by atoms with E-state index in [2.05, 4.69) is 31.3 Å². The molecule has 0 bridgehead atoms. The normalized spacial score (nSPS) is 10.3. The van der Waals surface area contributed by atoms with Gasteiger partial charge in [-0.05, 0) is 67.0 Å². The number of anilines is 1. The first-order valence-corrected chi connectivity index (χ1v) is 7.20. The van der Waals surface area contributed by atoms with Crippen molar-refractivity contribution in [1.82, 2.24) is 4.90 Å². The average molecular weight is 302 g/mol. The molecule has 21 heavy (non-hydrogen) atoms. The predicted octanol–water partition coefficient (Wildman–Crippen LogP) is 4.27. The maximum Gasteiger partial charge on any atom is 0.173 e. The summed E-state index contributed by atoms with van der Waals surface area (Å²) in [5.74, 6) is -0.228. The van der Waals surface area contributed by atoms with E-state index in [4.69, 9.17) is 12.2 Å². The highest BCUT2D eigenvalue weighted by molar-refractivity contribution is 7.80. The van der Waals surface area contributed by atoms with Gasteiger partial charge in [0, 0.05) is 19.3 Å². The summed E-state index contributed by atoms with van der Waals surface area (Å²) < 4.78 is 13.2. The maximum atomic E-state index is 13.2. The number of hydrogen-bond acceptors (Lipinski definition) is 1. The third kappa shape index (κ3) is 4.26. The lowest BCUT2D eigenvalue weighted by Gasteiger charge is -2.21. The van der Waals surface area contributed by atoms with Crippen molar-refractivity contribution >= 4 is 23.0 Å². The SMILES string of the molecule is Cc1ccc(NC(=S)N(C)Cc2cccc(F)c2)cc1C. The van der Waals surface area contributed by atoms with Gasteiger partial charge in [-0.15, -0.1) is 0 Å².